The number of anilines is 1. The van der Waals surface area contributed by atoms with Crippen molar-refractivity contribution in [3.05, 3.63) is 82.3 Å². The average Bonchev–Trinajstić information content (AvgIpc) is 2.83. The zero-order valence-electron chi connectivity index (χ0n) is 17.5. The number of halogens is 2. The standard InChI is InChI=1S/C22H17IN4O5S.ClH/c1-27(21-18-12-14(23)2-7-20(18)25-13-19(21)22(28)26-29)33(30,31)17-5-3-15(4-6-17)32-16-8-10-24-11-9-16;/h2-13,29H,1H3,(H,26,28);1H. The van der Waals surface area contributed by atoms with Crippen molar-refractivity contribution >= 4 is 67.5 Å². The maximum absolute atomic E-state index is 13.5. The molecule has 0 saturated heterocycles. The van der Waals surface area contributed by atoms with Gasteiger partial charge in [0.15, 0.2) is 0 Å². The first-order chi connectivity index (χ1) is 15.8. The Morgan fingerprint density at radius 2 is 1.71 bits per heavy atom. The van der Waals surface area contributed by atoms with E-state index in [2.05, 4.69) is 32.6 Å². The molecule has 34 heavy (non-hydrogen) atoms. The molecule has 4 rings (SSSR count). The fraction of sp³-hybridized carbons (Fsp3) is 0.0455. The predicted octanol–water partition coefficient (Wildman–Crippen LogP) is 4.39. The predicted molar refractivity (Wildman–Crippen MR) is 137 cm³/mol. The maximum atomic E-state index is 13.5. The van der Waals surface area contributed by atoms with Crippen molar-refractivity contribution in [2.45, 2.75) is 4.90 Å². The molecule has 176 valence electrons. The normalized spacial score (nSPS) is 10.9. The van der Waals surface area contributed by atoms with Crippen molar-refractivity contribution in [3.8, 4) is 11.5 Å². The smallest absolute Gasteiger partial charge is 0.278 e. The second kappa shape index (κ2) is 10.5. The molecule has 0 atom stereocenters. The molecule has 2 aromatic heterocycles. The first-order valence-electron chi connectivity index (χ1n) is 9.51. The van der Waals surface area contributed by atoms with E-state index in [1.54, 1.807) is 42.1 Å². The van der Waals surface area contributed by atoms with Crippen LogP contribution >= 0.6 is 35.0 Å². The minimum absolute atomic E-state index is 0. The molecule has 0 spiro atoms. The number of hydrogen-bond donors (Lipinski definition) is 2. The van der Waals surface area contributed by atoms with Gasteiger partial charge < -0.3 is 4.74 Å². The number of hydrogen-bond acceptors (Lipinski definition) is 7. The van der Waals surface area contributed by atoms with E-state index in [0.29, 0.717) is 22.4 Å². The molecule has 0 aliphatic heterocycles. The van der Waals surface area contributed by atoms with Gasteiger partial charge in [-0.05, 0) is 77.2 Å². The van der Waals surface area contributed by atoms with Gasteiger partial charge >= 0.3 is 0 Å². The van der Waals surface area contributed by atoms with Crippen molar-refractivity contribution in [2.75, 3.05) is 11.4 Å². The van der Waals surface area contributed by atoms with Gasteiger partial charge in [-0.25, -0.2) is 13.9 Å². The number of pyridine rings is 2. The van der Waals surface area contributed by atoms with Gasteiger partial charge in [0.2, 0.25) is 0 Å². The van der Waals surface area contributed by atoms with Crippen LogP contribution in [0.4, 0.5) is 5.69 Å². The highest BCUT2D eigenvalue weighted by atomic mass is 127. The highest BCUT2D eigenvalue weighted by molar-refractivity contribution is 14.1. The van der Waals surface area contributed by atoms with Crippen LogP contribution in [0.1, 0.15) is 10.4 Å². The molecule has 0 aliphatic rings. The van der Waals surface area contributed by atoms with E-state index in [0.717, 1.165) is 7.88 Å². The van der Waals surface area contributed by atoms with Crippen molar-refractivity contribution in [2.24, 2.45) is 0 Å². The number of nitrogens with one attached hydrogen (secondary N) is 1. The number of fused-ring (bicyclic) bond motifs is 1. The Morgan fingerprint density at radius 3 is 2.35 bits per heavy atom. The number of sulfonamides is 1. The summed E-state index contributed by atoms with van der Waals surface area (Å²) in [6.07, 6.45) is 4.40. The van der Waals surface area contributed by atoms with E-state index >= 15 is 0 Å². The third-order valence-corrected chi connectivity index (χ3v) is 7.27. The molecule has 0 fully saturated rings. The van der Waals surface area contributed by atoms with Crippen molar-refractivity contribution in [1.29, 1.82) is 0 Å². The van der Waals surface area contributed by atoms with Gasteiger partial charge in [-0.1, -0.05) is 0 Å². The van der Waals surface area contributed by atoms with Crippen LogP contribution in [0.2, 0.25) is 0 Å². The van der Waals surface area contributed by atoms with Crippen LogP contribution in [0.15, 0.2) is 78.1 Å². The van der Waals surface area contributed by atoms with E-state index < -0.39 is 15.9 Å². The van der Waals surface area contributed by atoms with Crippen molar-refractivity contribution < 1.29 is 23.2 Å². The second-order valence-electron chi connectivity index (χ2n) is 6.85. The molecule has 9 nitrogen and oxygen atoms in total. The summed E-state index contributed by atoms with van der Waals surface area (Å²) in [5, 5.41) is 9.63. The van der Waals surface area contributed by atoms with Crippen LogP contribution in [0.25, 0.3) is 10.9 Å². The molecule has 2 heterocycles. The van der Waals surface area contributed by atoms with Gasteiger partial charge in [0.25, 0.3) is 15.9 Å². The SMILES string of the molecule is CN(c1c(C(=O)NO)cnc2ccc(I)cc12)S(=O)(=O)c1ccc(Oc2ccncc2)cc1.Cl. The summed E-state index contributed by atoms with van der Waals surface area (Å²) in [4.78, 5) is 20.4. The molecule has 4 aromatic rings. The van der Waals surface area contributed by atoms with Crippen molar-refractivity contribution in [3.63, 3.8) is 0 Å². The third-order valence-electron chi connectivity index (χ3n) is 4.83. The van der Waals surface area contributed by atoms with Gasteiger partial charge in [-0.15, -0.1) is 12.4 Å². The average molecular weight is 613 g/mol. The lowest BCUT2D eigenvalue weighted by Gasteiger charge is -2.23. The molecule has 0 radical (unpaired) electrons. The number of rotatable bonds is 6. The Kier molecular flexibility index (Phi) is 7.92. The molecule has 0 unspecified atom stereocenters. The van der Waals surface area contributed by atoms with Gasteiger partial charge in [-0.2, -0.15) is 0 Å². The summed E-state index contributed by atoms with van der Waals surface area (Å²) < 4.78 is 34.4. The summed E-state index contributed by atoms with van der Waals surface area (Å²) in [6, 6.07) is 14.6. The summed E-state index contributed by atoms with van der Waals surface area (Å²) in [6.45, 7) is 0. The van der Waals surface area contributed by atoms with Gasteiger partial charge in [0, 0.05) is 34.6 Å². The van der Waals surface area contributed by atoms with Gasteiger partial charge in [-0.3, -0.25) is 24.3 Å². The first kappa shape index (κ1) is 25.6. The monoisotopic (exact) mass is 612 g/mol. The zero-order chi connectivity index (χ0) is 23.6. The molecule has 2 aromatic carbocycles. The third kappa shape index (κ3) is 5.06. The van der Waals surface area contributed by atoms with Gasteiger partial charge in [0.1, 0.15) is 11.5 Å². The molecular formula is C22H18ClIN4O5S. The highest BCUT2D eigenvalue weighted by Crippen LogP contribution is 2.34. The minimum atomic E-state index is -4.07. The number of nitrogens with zero attached hydrogens (tertiary/aromatic N) is 3. The molecule has 12 heteroatoms. The summed E-state index contributed by atoms with van der Waals surface area (Å²) >= 11 is 2.09. The Morgan fingerprint density at radius 1 is 1.06 bits per heavy atom. The van der Waals surface area contributed by atoms with Crippen molar-refractivity contribution in [1.82, 2.24) is 15.4 Å². The topological polar surface area (TPSA) is 122 Å². The number of benzene rings is 2. The largest absolute Gasteiger partial charge is 0.457 e. The lowest BCUT2D eigenvalue weighted by atomic mass is 10.1. The summed E-state index contributed by atoms with van der Waals surface area (Å²) in [5.41, 5.74) is 2.07. The minimum Gasteiger partial charge on any atom is -0.457 e. The summed E-state index contributed by atoms with van der Waals surface area (Å²) in [5.74, 6) is 0.142. The van der Waals surface area contributed by atoms with E-state index in [-0.39, 0.29) is 28.6 Å². The first-order valence-corrected chi connectivity index (χ1v) is 12.0. The van der Waals surface area contributed by atoms with Crippen LogP contribution in [0.3, 0.4) is 0 Å². The fourth-order valence-electron chi connectivity index (χ4n) is 3.22. The number of amides is 1. The quantitative estimate of drug-likeness (QED) is 0.188. The van der Waals surface area contributed by atoms with E-state index in [4.69, 9.17) is 4.74 Å². The Balaban J connectivity index is 0.00000324. The number of hydroxylamine groups is 1. The molecular weight excluding hydrogens is 595 g/mol. The van der Waals surface area contributed by atoms with E-state index in [1.165, 1.54) is 37.5 Å². The second-order valence-corrected chi connectivity index (χ2v) is 10.1. The molecule has 0 aliphatic carbocycles. The Hall–Kier alpha value is -3.00. The molecule has 0 bridgehead atoms. The van der Waals surface area contributed by atoms with E-state index in [1.807, 2.05) is 6.07 Å². The van der Waals surface area contributed by atoms with Gasteiger partial charge in [0.05, 0.1) is 21.7 Å². The maximum Gasteiger partial charge on any atom is 0.278 e. The van der Waals surface area contributed by atoms with Crippen LogP contribution in [-0.4, -0.2) is 36.5 Å². The van der Waals surface area contributed by atoms with Crippen LogP contribution < -0.4 is 14.5 Å². The molecule has 0 saturated carbocycles. The zero-order valence-corrected chi connectivity index (χ0v) is 21.3. The number of aromatic nitrogens is 2. The molecule has 1 amide bonds. The molecule has 2 N–H and O–H groups in total. The number of carbonyl (C=O) groups is 1. The van der Waals surface area contributed by atoms with Crippen LogP contribution in [0.5, 0.6) is 11.5 Å². The Labute approximate surface area is 215 Å². The number of ether oxygens (including phenoxy) is 1. The lowest BCUT2D eigenvalue weighted by Crippen LogP contribution is -2.30. The van der Waals surface area contributed by atoms with E-state index in [9.17, 15) is 18.4 Å². The van der Waals surface area contributed by atoms with Crippen LogP contribution in [0, 0.1) is 3.57 Å². The number of carbonyl (C=O) groups excluding carboxylic acids is 1. The Bertz CT molecular complexity index is 1440. The highest BCUT2D eigenvalue weighted by Gasteiger charge is 2.28. The van der Waals surface area contributed by atoms with Crippen LogP contribution in [-0.2, 0) is 10.0 Å². The lowest BCUT2D eigenvalue weighted by molar-refractivity contribution is 0.0707. The summed E-state index contributed by atoms with van der Waals surface area (Å²) in [7, 11) is -2.73. The fourth-order valence-corrected chi connectivity index (χ4v) is 4.94.